The SMILES string of the molecule is [N-]=[N+]=Nc1c(Cl)c(Cl)c(Cl)c(N=[N+]=[N-])[n+]1[O-]. The predicted octanol–water partition coefficient (Wildman–Crippen LogP) is 4.16. The maximum absolute atomic E-state index is 11.5. The van der Waals surface area contributed by atoms with Crippen LogP contribution < -0.4 is 4.73 Å². The van der Waals surface area contributed by atoms with Gasteiger partial charge in [-0.15, -0.1) is 0 Å². The van der Waals surface area contributed by atoms with Gasteiger partial charge < -0.3 is 5.21 Å². The van der Waals surface area contributed by atoms with E-state index in [9.17, 15) is 5.21 Å². The van der Waals surface area contributed by atoms with E-state index in [4.69, 9.17) is 45.9 Å². The summed E-state index contributed by atoms with van der Waals surface area (Å²) in [6.07, 6.45) is 0. The summed E-state index contributed by atoms with van der Waals surface area (Å²) in [5.41, 5.74) is 16.4. The van der Waals surface area contributed by atoms with E-state index in [1.54, 1.807) is 0 Å². The zero-order valence-electron chi connectivity index (χ0n) is 7.17. The third-order valence-corrected chi connectivity index (χ3v) is 2.73. The van der Waals surface area contributed by atoms with E-state index in [0.29, 0.717) is 0 Å². The molecule has 0 atom stereocenters. The zero-order valence-corrected chi connectivity index (χ0v) is 9.44. The van der Waals surface area contributed by atoms with Gasteiger partial charge in [-0.25, -0.2) is 4.73 Å². The molecule has 82 valence electrons. The number of rotatable bonds is 2. The summed E-state index contributed by atoms with van der Waals surface area (Å²) in [5, 5.41) is 16.7. The first-order chi connectivity index (χ1) is 7.54. The van der Waals surface area contributed by atoms with Crippen molar-refractivity contribution in [2.24, 2.45) is 10.2 Å². The second kappa shape index (κ2) is 4.98. The Morgan fingerprint density at radius 2 is 1.31 bits per heavy atom. The molecule has 0 N–H and O–H groups in total. The third-order valence-electron chi connectivity index (χ3n) is 1.44. The summed E-state index contributed by atoms with van der Waals surface area (Å²) in [7, 11) is 0. The van der Waals surface area contributed by atoms with Crippen molar-refractivity contribution in [1.29, 1.82) is 0 Å². The molecule has 8 nitrogen and oxygen atoms in total. The lowest BCUT2D eigenvalue weighted by Gasteiger charge is -2.06. The Morgan fingerprint density at radius 3 is 1.62 bits per heavy atom. The zero-order chi connectivity index (χ0) is 12.3. The first kappa shape index (κ1) is 12.5. The van der Waals surface area contributed by atoms with E-state index in [0.717, 1.165) is 0 Å². The molecule has 0 radical (unpaired) electrons. The average Bonchev–Trinajstić information content (AvgIpc) is 2.28. The number of hydrogen-bond acceptors (Lipinski definition) is 3. The van der Waals surface area contributed by atoms with Crippen LogP contribution in [0.25, 0.3) is 20.9 Å². The summed E-state index contributed by atoms with van der Waals surface area (Å²) >= 11 is 16.9. The van der Waals surface area contributed by atoms with E-state index in [-0.39, 0.29) is 19.8 Å². The van der Waals surface area contributed by atoms with Crippen molar-refractivity contribution in [3.63, 3.8) is 0 Å². The van der Waals surface area contributed by atoms with E-state index >= 15 is 0 Å². The van der Waals surface area contributed by atoms with Gasteiger partial charge in [-0.1, -0.05) is 34.8 Å². The van der Waals surface area contributed by atoms with Gasteiger partial charge in [0.1, 0.15) is 10.0 Å². The molecular formula is C5Cl3N7O. The van der Waals surface area contributed by atoms with Gasteiger partial charge in [0.2, 0.25) is 0 Å². The van der Waals surface area contributed by atoms with Crippen molar-refractivity contribution in [3.05, 3.63) is 41.2 Å². The minimum absolute atomic E-state index is 0.00398. The van der Waals surface area contributed by atoms with Crippen molar-refractivity contribution in [2.75, 3.05) is 0 Å². The van der Waals surface area contributed by atoms with E-state index in [2.05, 4.69) is 20.1 Å². The Morgan fingerprint density at radius 1 is 0.938 bits per heavy atom. The van der Waals surface area contributed by atoms with E-state index in [1.807, 2.05) is 0 Å². The molecule has 0 aliphatic heterocycles. The Bertz CT molecular complexity index is 500. The van der Waals surface area contributed by atoms with Gasteiger partial charge in [-0.3, -0.25) is 0 Å². The number of nitrogens with zero attached hydrogens (tertiary/aromatic N) is 7. The van der Waals surface area contributed by atoms with Crippen LogP contribution in [0.1, 0.15) is 0 Å². The quantitative estimate of drug-likeness (QED) is 0.260. The van der Waals surface area contributed by atoms with Crippen LogP contribution in [0.3, 0.4) is 0 Å². The highest BCUT2D eigenvalue weighted by atomic mass is 35.5. The fraction of sp³-hybridized carbons (Fsp3) is 0. The number of azide groups is 2. The Labute approximate surface area is 103 Å². The lowest BCUT2D eigenvalue weighted by molar-refractivity contribution is -0.577. The lowest BCUT2D eigenvalue weighted by Crippen LogP contribution is -2.27. The molecule has 0 unspecified atom stereocenters. The van der Waals surface area contributed by atoms with Gasteiger partial charge in [-0.05, 0) is 0 Å². The molecule has 1 aromatic heterocycles. The Hall–Kier alpha value is -1.56. The maximum atomic E-state index is 11.5. The van der Waals surface area contributed by atoms with Gasteiger partial charge >= 0.3 is 11.6 Å². The first-order valence-electron chi connectivity index (χ1n) is 3.44. The Kier molecular flexibility index (Phi) is 3.89. The molecule has 0 aromatic carbocycles. The number of aromatic nitrogens is 1. The average molecular weight is 280 g/mol. The van der Waals surface area contributed by atoms with Gasteiger partial charge in [0.05, 0.1) is 5.02 Å². The van der Waals surface area contributed by atoms with Gasteiger partial charge in [0.15, 0.2) is 9.82 Å². The normalized spacial score (nSPS) is 9.19. The van der Waals surface area contributed by atoms with Crippen LogP contribution in [0.5, 0.6) is 0 Å². The highest BCUT2D eigenvalue weighted by Crippen LogP contribution is 2.39. The molecule has 1 aromatic rings. The molecule has 0 aliphatic rings. The molecule has 0 aliphatic carbocycles. The van der Waals surface area contributed by atoms with Gasteiger partial charge in [-0.2, -0.15) is 0 Å². The van der Waals surface area contributed by atoms with Crippen molar-refractivity contribution in [3.8, 4) is 0 Å². The molecule has 0 spiro atoms. The van der Waals surface area contributed by atoms with Crippen LogP contribution >= 0.6 is 34.8 Å². The minimum Gasteiger partial charge on any atom is -0.739 e. The number of hydrogen-bond donors (Lipinski definition) is 0. The monoisotopic (exact) mass is 279 g/mol. The summed E-state index contributed by atoms with van der Waals surface area (Å²) in [5.74, 6) is -1.08. The van der Waals surface area contributed by atoms with Crippen molar-refractivity contribution in [1.82, 2.24) is 0 Å². The van der Waals surface area contributed by atoms with Crippen molar-refractivity contribution >= 4 is 46.4 Å². The number of pyridine rings is 1. The second-order valence-electron chi connectivity index (χ2n) is 2.26. The van der Waals surface area contributed by atoms with E-state index in [1.165, 1.54) is 0 Å². The van der Waals surface area contributed by atoms with Crippen LogP contribution in [-0.2, 0) is 0 Å². The molecule has 0 saturated carbocycles. The lowest BCUT2D eigenvalue weighted by atomic mass is 10.4. The molecule has 0 saturated heterocycles. The van der Waals surface area contributed by atoms with E-state index < -0.39 is 11.6 Å². The van der Waals surface area contributed by atoms with Crippen molar-refractivity contribution < 1.29 is 4.73 Å². The van der Waals surface area contributed by atoms with Crippen LogP contribution in [0.4, 0.5) is 11.6 Å². The summed E-state index contributed by atoms with van der Waals surface area (Å²) < 4.78 is -0.00398. The predicted molar refractivity (Wildman–Crippen MR) is 58.0 cm³/mol. The van der Waals surface area contributed by atoms with Crippen LogP contribution in [0.2, 0.25) is 15.1 Å². The van der Waals surface area contributed by atoms with Gasteiger partial charge in [0.25, 0.3) is 10.2 Å². The molecule has 0 bridgehead atoms. The number of halogens is 3. The van der Waals surface area contributed by atoms with Crippen LogP contribution in [-0.4, -0.2) is 0 Å². The molecule has 0 fully saturated rings. The summed E-state index contributed by atoms with van der Waals surface area (Å²) in [6.45, 7) is 0. The highest BCUT2D eigenvalue weighted by molar-refractivity contribution is 6.49. The summed E-state index contributed by atoms with van der Waals surface area (Å²) in [6, 6.07) is 0. The minimum atomic E-state index is -0.541. The van der Waals surface area contributed by atoms with Crippen molar-refractivity contribution in [2.45, 2.75) is 0 Å². The standard InChI is InChI=1S/C5Cl3N7O/c6-1-2(7)4(11-13-9)15(16)5(3(1)8)12-14-10. The maximum Gasteiger partial charge on any atom is 0.375 e. The molecule has 11 heteroatoms. The first-order valence-corrected chi connectivity index (χ1v) is 4.58. The molecule has 16 heavy (non-hydrogen) atoms. The second-order valence-corrected chi connectivity index (χ2v) is 3.40. The fourth-order valence-electron chi connectivity index (χ4n) is 0.825. The third kappa shape index (κ3) is 2.01. The highest BCUT2D eigenvalue weighted by Gasteiger charge is 2.29. The molecule has 1 rings (SSSR count). The molecule has 0 amide bonds. The van der Waals surface area contributed by atoms with Crippen LogP contribution in [0.15, 0.2) is 10.2 Å². The van der Waals surface area contributed by atoms with Gasteiger partial charge in [0, 0.05) is 11.1 Å². The fourth-order valence-corrected chi connectivity index (χ4v) is 1.46. The smallest absolute Gasteiger partial charge is 0.375 e. The van der Waals surface area contributed by atoms with Crippen LogP contribution in [0, 0.1) is 5.21 Å². The molecule has 1 heterocycles. The summed E-state index contributed by atoms with van der Waals surface area (Å²) in [4.78, 5) is 4.77. The molecular weight excluding hydrogens is 280 g/mol. The largest absolute Gasteiger partial charge is 0.739 e. The Balaban J connectivity index is 3.78. The topological polar surface area (TPSA) is 124 Å².